The van der Waals surface area contributed by atoms with Crippen LogP contribution in [-0.4, -0.2) is 34.0 Å². The summed E-state index contributed by atoms with van der Waals surface area (Å²) in [7, 11) is 0. The summed E-state index contributed by atoms with van der Waals surface area (Å²) in [6.07, 6.45) is 7.83. The van der Waals surface area contributed by atoms with E-state index in [1.54, 1.807) is 23.9 Å². The predicted molar refractivity (Wildman–Crippen MR) is 148 cm³/mol. The number of fused-ring (bicyclic) bond motifs is 1. The summed E-state index contributed by atoms with van der Waals surface area (Å²) >= 11 is 1.66. The molecule has 2 aliphatic carbocycles. The maximum Gasteiger partial charge on any atom is 0.260 e. The van der Waals surface area contributed by atoms with Crippen LogP contribution in [0.4, 0.5) is 4.39 Å². The quantitative estimate of drug-likeness (QED) is 0.463. The van der Waals surface area contributed by atoms with Crippen LogP contribution in [0.1, 0.15) is 63.5 Å². The number of halogens is 1. The third-order valence-electron chi connectivity index (χ3n) is 8.67. The normalized spacial score (nSPS) is 31.2. The largest absolute Gasteiger partial charge is 0.353 e. The number of carbonyl (C=O) groups is 2. The third-order valence-corrected chi connectivity index (χ3v) is 10.1. The summed E-state index contributed by atoms with van der Waals surface area (Å²) < 4.78 is 13.6. The molecule has 4 nitrogen and oxygen atoms in total. The Labute approximate surface area is 224 Å². The van der Waals surface area contributed by atoms with Gasteiger partial charge in [-0.15, -0.1) is 11.8 Å². The van der Waals surface area contributed by atoms with Crippen molar-refractivity contribution in [3.8, 4) is 0 Å². The highest BCUT2D eigenvalue weighted by molar-refractivity contribution is 8.04. The van der Waals surface area contributed by atoms with E-state index in [4.69, 9.17) is 0 Å². The van der Waals surface area contributed by atoms with E-state index in [2.05, 4.69) is 19.2 Å². The second-order valence-electron chi connectivity index (χ2n) is 11.1. The maximum atomic E-state index is 13.8. The minimum atomic E-state index is -0.285. The summed E-state index contributed by atoms with van der Waals surface area (Å²) in [6, 6.07) is 16.5. The predicted octanol–water partition coefficient (Wildman–Crippen LogP) is 6.42. The lowest BCUT2D eigenvalue weighted by atomic mass is 9.77. The van der Waals surface area contributed by atoms with E-state index in [1.165, 1.54) is 25.0 Å². The van der Waals surface area contributed by atoms with Crippen LogP contribution in [0.3, 0.4) is 0 Å². The minimum absolute atomic E-state index is 0.00443. The molecule has 2 amide bonds. The van der Waals surface area contributed by atoms with Gasteiger partial charge < -0.3 is 10.2 Å². The van der Waals surface area contributed by atoms with Crippen molar-refractivity contribution in [3.05, 3.63) is 76.4 Å². The third kappa shape index (κ3) is 5.95. The van der Waals surface area contributed by atoms with E-state index in [0.717, 1.165) is 35.3 Å². The van der Waals surface area contributed by atoms with Crippen molar-refractivity contribution in [1.82, 2.24) is 10.2 Å². The van der Waals surface area contributed by atoms with Crippen molar-refractivity contribution in [1.29, 1.82) is 0 Å². The molecule has 1 saturated heterocycles. The molecule has 6 heteroatoms. The number of thioether (sulfide) groups is 1. The van der Waals surface area contributed by atoms with Gasteiger partial charge in [-0.3, -0.25) is 9.59 Å². The van der Waals surface area contributed by atoms with Gasteiger partial charge in [0.05, 0.1) is 4.91 Å². The Hall–Kier alpha value is -2.60. The topological polar surface area (TPSA) is 49.4 Å². The van der Waals surface area contributed by atoms with Crippen molar-refractivity contribution in [2.24, 2.45) is 17.8 Å². The van der Waals surface area contributed by atoms with Crippen molar-refractivity contribution >= 4 is 29.7 Å². The fourth-order valence-electron chi connectivity index (χ4n) is 6.19. The Bertz CT molecular complexity index is 1140. The van der Waals surface area contributed by atoms with E-state index in [1.807, 2.05) is 41.3 Å². The highest BCUT2D eigenvalue weighted by Crippen LogP contribution is 2.44. The summed E-state index contributed by atoms with van der Waals surface area (Å²) in [5, 5.41) is 3.63. The van der Waals surface area contributed by atoms with Crippen LogP contribution >= 0.6 is 11.8 Å². The first kappa shape index (κ1) is 26.0. The van der Waals surface area contributed by atoms with Crippen molar-refractivity contribution in [3.63, 3.8) is 0 Å². The fourth-order valence-corrected chi connectivity index (χ4v) is 7.60. The lowest BCUT2D eigenvalue weighted by Crippen LogP contribution is -2.54. The Kier molecular flexibility index (Phi) is 8.04. The van der Waals surface area contributed by atoms with Crippen LogP contribution in [0.25, 0.3) is 6.08 Å². The molecule has 2 aromatic carbocycles. The Morgan fingerprint density at radius 1 is 1.05 bits per heavy atom. The molecule has 0 aromatic heterocycles. The number of hydrogen-bond donors (Lipinski definition) is 1. The molecule has 0 spiro atoms. The number of nitrogens with zero attached hydrogens (tertiary/aromatic N) is 1. The van der Waals surface area contributed by atoms with E-state index in [-0.39, 0.29) is 40.9 Å². The van der Waals surface area contributed by atoms with E-state index in [0.29, 0.717) is 24.8 Å². The number of rotatable bonds is 5. The summed E-state index contributed by atoms with van der Waals surface area (Å²) in [6.45, 7) is 4.96. The zero-order valence-corrected chi connectivity index (χ0v) is 22.6. The fraction of sp³-hybridized carbons (Fsp3) is 0.484. The summed E-state index contributed by atoms with van der Waals surface area (Å²) in [4.78, 5) is 29.9. The van der Waals surface area contributed by atoms with Crippen LogP contribution < -0.4 is 5.32 Å². The van der Waals surface area contributed by atoms with Gasteiger partial charge >= 0.3 is 0 Å². The number of amides is 2. The van der Waals surface area contributed by atoms with Gasteiger partial charge in [0.2, 0.25) is 5.91 Å². The van der Waals surface area contributed by atoms with Crippen molar-refractivity contribution in [2.75, 3.05) is 0 Å². The maximum absolute atomic E-state index is 13.8. The molecule has 6 unspecified atom stereocenters. The van der Waals surface area contributed by atoms with Crippen LogP contribution in [0.15, 0.2) is 59.5 Å². The van der Waals surface area contributed by atoms with E-state index < -0.39 is 0 Å². The monoisotopic (exact) mass is 520 g/mol. The Balaban J connectivity index is 1.36. The number of benzene rings is 2. The SMILES string of the molecule is CC1CCCC(NC(=O)C2CCC3S/C(=C\c4ccccc4)C(=O)N(Cc4ccc(F)cc4)C3C2)C1C. The van der Waals surface area contributed by atoms with Gasteiger partial charge in [-0.1, -0.05) is 69.2 Å². The zero-order chi connectivity index (χ0) is 25.9. The second-order valence-corrected chi connectivity index (χ2v) is 12.4. The van der Waals surface area contributed by atoms with Gasteiger partial charge in [0.25, 0.3) is 5.91 Å². The molecule has 3 fully saturated rings. The molecule has 3 aliphatic rings. The Morgan fingerprint density at radius 2 is 1.81 bits per heavy atom. The van der Waals surface area contributed by atoms with Gasteiger partial charge in [-0.05, 0) is 66.9 Å². The second kappa shape index (κ2) is 11.4. The van der Waals surface area contributed by atoms with Crippen LogP contribution in [0.5, 0.6) is 0 Å². The van der Waals surface area contributed by atoms with Gasteiger partial charge in [0.15, 0.2) is 0 Å². The van der Waals surface area contributed by atoms with Crippen LogP contribution in [0.2, 0.25) is 0 Å². The van der Waals surface area contributed by atoms with Crippen molar-refractivity contribution < 1.29 is 14.0 Å². The number of hydrogen-bond acceptors (Lipinski definition) is 3. The van der Waals surface area contributed by atoms with Gasteiger partial charge in [-0.2, -0.15) is 0 Å². The molecule has 0 bridgehead atoms. The molecular formula is C31H37FN2O2S. The average molecular weight is 521 g/mol. The molecule has 1 heterocycles. The lowest BCUT2D eigenvalue weighted by Gasteiger charge is -2.46. The standard InChI is InChI=1S/C31H37FN2O2S/c1-20-7-6-10-26(21(20)2)33-30(35)24-13-16-28-27(18-24)34(19-23-11-14-25(32)15-12-23)31(36)29(37-28)17-22-8-4-3-5-9-22/h3-5,8-9,11-12,14-15,17,20-21,24,26-28H,6-7,10,13,16,18-19H2,1-2H3,(H,33,35)/b29-17-. The molecule has 1 aliphatic heterocycles. The number of nitrogens with one attached hydrogen (secondary N) is 1. The van der Waals surface area contributed by atoms with E-state index >= 15 is 0 Å². The number of carbonyl (C=O) groups excluding carboxylic acids is 2. The first-order chi connectivity index (χ1) is 17.9. The van der Waals surface area contributed by atoms with Gasteiger partial charge in [0, 0.05) is 29.8 Å². The van der Waals surface area contributed by atoms with Gasteiger partial charge in [0.1, 0.15) is 5.82 Å². The average Bonchev–Trinajstić information content (AvgIpc) is 2.90. The molecule has 5 rings (SSSR count). The molecular weight excluding hydrogens is 483 g/mol. The van der Waals surface area contributed by atoms with Crippen LogP contribution in [0, 0.1) is 23.6 Å². The summed E-state index contributed by atoms with van der Waals surface area (Å²) in [5.41, 5.74) is 1.90. The first-order valence-corrected chi connectivity index (χ1v) is 14.6. The Morgan fingerprint density at radius 3 is 2.57 bits per heavy atom. The van der Waals surface area contributed by atoms with Crippen molar-refractivity contribution in [2.45, 2.75) is 76.3 Å². The molecule has 196 valence electrons. The molecule has 1 N–H and O–H groups in total. The zero-order valence-electron chi connectivity index (χ0n) is 21.7. The first-order valence-electron chi connectivity index (χ1n) is 13.7. The summed E-state index contributed by atoms with van der Waals surface area (Å²) in [5.74, 6) is 0.885. The smallest absolute Gasteiger partial charge is 0.260 e. The van der Waals surface area contributed by atoms with Crippen LogP contribution in [-0.2, 0) is 16.1 Å². The molecule has 0 radical (unpaired) electrons. The molecule has 37 heavy (non-hydrogen) atoms. The molecule has 2 aromatic rings. The van der Waals surface area contributed by atoms with Gasteiger partial charge in [-0.25, -0.2) is 4.39 Å². The lowest BCUT2D eigenvalue weighted by molar-refractivity contribution is -0.134. The van der Waals surface area contributed by atoms with E-state index in [9.17, 15) is 14.0 Å². The minimum Gasteiger partial charge on any atom is -0.353 e. The highest BCUT2D eigenvalue weighted by atomic mass is 32.2. The molecule has 6 atom stereocenters. The molecule has 2 saturated carbocycles. The highest BCUT2D eigenvalue weighted by Gasteiger charge is 2.44.